The number of hydrogen-bond acceptors (Lipinski definition) is 3. The zero-order valence-corrected chi connectivity index (χ0v) is 8.56. The van der Waals surface area contributed by atoms with Crippen LogP contribution in [0.15, 0.2) is 12.4 Å². The van der Waals surface area contributed by atoms with Crippen molar-refractivity contribution in [3.63, 3.8) is 0 Å². The smallest absolute Gasteiger partial charge is 0.255 e. The summed E-state index contributed by atoms with van der Waals surface area (Å²) >= 11 is 0. The minimum Gasteiger partial charge on any atom is -0.347 e. The monoisotopic (exact) mass is 207 g/mol. The molecule has 0 radical (unpaired) electrons. The molecule has 15 heavy (non-hydrogen) atoms. The van der Waals surface area contributed by atoms with E-state index in [1.807, 2.05) is 0 Å². The Labute approximate surface area is 88.3 Å². The van der Waals surface area contributed by atoms with Gasteiger partial charge in [0.15, 0.2) is 5.82 Å². The van der Waals surface area contributed by atoms with Gasteiger partial charge in [0.2, 0.25) is 0 Å². The molecule has 2 aliphatic heterocycles. The minimum atomic E-state index is -0.420. The van der Waals surface area contributed by atoms with E-state index in [1.54, 1.807) is 6.20 Å². The van der Waals surface area contributed by atoms with Crippen LogP contribution in [0.2, 0.25) is 0 Å². The third-order valence-corrected chi connectivity index (χ3v) is 3.58. The molecule has 0 amide bonds. The highest BCUT2D eigenvalue weighted by Crippen LogP contribution is 2.38. The Kier molecular flexibility index (Phi) is 2.08. The Morgan fingerprint density at radius 1 is 1.07 bits per heavy atom. The summed E-state index contributed by atoms with van der Waals surface area (Å²) in [5.41, 5.74) is 0. The van der Waals surface area contributed by atoms with Gasteiger partial charge >= 0.3 is 0 Å². The summed E-state index contributed by atoms with van der Waals surface area (Å²) in [7, 11) is 0. The summed E-state index contributed by atoms with van der Waals surface area (Å²) in [5, 5.41) is 0. The van der Waals surface area contributed by atoms with Crippen molar-refractivity contribution in [2.75, 3.05) is 4.90 Å². The molecular formula is C11H14FN3. The van der Waals surface area contributed by atoms with Crippen molar-refractivity contribution in [1.29, 1.82) is 0 Å². The van der Waals surface area contributed by atoms with Gasteiger partial charge in [0, 0.05) is 24.5 Å². The second-order valence-electron chi connectivity index (χ2n) is 4.39. The Bertz CT molecular complexity index is 353. The van der Waals surface area contributed by atoms with Crippen molar-refractivity contribution in [3.05, 3.63) is 18.3 Å². The molecule has 0 aliphatic carbocycles. The molecule has 2 aliphatic rings. The predicted molar refractivity (Wildman–Crippen MR) is 55.1 cm³/mol. The van der Waals surface area contributed by atoms with Gasteiger partial charge in [0.25, 0.3) is 5.95 Å². The molecule has 3 heterocycles. The largest absolute Gasteiger partial charge is 0.347 e. The van der Waals surface area contributed by atoms with E-state index in [0.29, 0.717) is 17.9 Å². The number of anilines is 1. The molecule has 0 spiro atoms. The maximum absolute atomic E-state index is 13.5. The van der Waals surface area contributed by atoms with E-state index < -0.39 is 5.95 Å². The van der Waals surface area contributed by atoms with E-state index in [9.17, 15) is 4.39 Å². The molecule has 2 bridgehead atoms. The Morgan fingerprint density at radius 3 is 2.40 bits per heavy atom. The van der Waals surface area contributed by atoms with Crippen molar-refractivity contribution < 1.29 is 4.39 Å². The molecule has 0 N–H and O–H groups in total. The minimum absolute atomic E-state index is 0.420. The van der Waals surface area contributed by atoms with Crippen LogP contribution in [0.3, 0.4) is 0 Å². The number of hydrogen-bond donors (Lipinski definition) is 0. The normalized spacial score (nSPS) is 29.5. The highest BCUT2D eigenvalue weighted by Gasteiger charge is 2.38. The topological polar surface area (TPSA) is 29.0 Å². The number of rotatable bonds is 1. The third-order valence-electron chi connectivity index (χ3n) is 3.58. The molecule has 2 fully saturated rings. The van der Waals surface area contributed by atoms with Gasteiger partial charge < -0.3 is 4.90 Å². The van der Waals surface area contributed by atoms with Crippen LogP contribution in [0.5, 0.6) is 0 Å². The van der Waals surface area contributed by atoms with Crippen LogP contribution in [0.25, 0.3) is 0 Å². The molecule has 2 unspecified atom stereocenters. The van der Waals surface area contributed by atoms with Crippen molar-refractivity contribution >= 4 is 5.82 Å². The molecule has 0 saturated carbocycles. The van der Waals surface area contributed by atoms with Gasteiger partial charge in [-0.05, 0) is 32.1 Å². The highest BCUT2D eigenvalue weighted by molar-refractivity contribution is 5.42. The summed E-state index contributed by atoms with van der Waals surface area (Å²) in [5.74, 6) is 0.0426. The summed E-state index contributed by atoms with van der Waals surface area (Å²) in [6.45, 7) is 0. The second kappa shape index (κ2) is 3.43. The van der Waals surface area contributed by atoms with E-state index in [-0.39, 0.29) is 0 Å². The quantitative estimate of drug-likeness (QED) is 0.706. The van der Waals surface area contributed by atoms with Crippen molar-refractivity contribution in [2.24, 2.45) is 0 Å². The average Bonchev–Trinajstić information content (AvgIpc) is 2.50. The first-order valence-electron chi connectivity index (χ1n) is 5.61. The van der Waals surface area contributed by atoms with Crippen LogP contribution in [-0.4, -0.2) is 22.1 Å². The summed E-state index contributed by atoms with van der Waals surface area (Å²) in [6, 6.07) is 0.991. The molecule has 3 nitrogen and oxygen atoms in total. The first-order valence-corrected chi connectivity index (χ1v) is 5.61. The van der Waals surface area contributed by atoms with Gasteiger partial charge in [-0.2, -0.15) is 4.39 Å². The average molecular weight is 207 g/mol. The molecule has 1 aromatic rings. The summed E-state index contributed by atoms with van der Waals surface area (Å²) in [6.07, 6.45) is 8.96. The van der Waals surface area contributed by atoms with Gasteiger partial charge in [-0.1, -0.05) is 0 Å². The van der Waals surface area contributed by atoms with Gasteiger partial charge in [-0.3, -0.25) is 0 Å². The van der Waals surface area contributed by atoms with Gasteiger partial charge in [-0.15, -0.1) is 0 Å². The fourth-order valence-electron chi connectivity index (χ4n) is 2.95. The van der Waals surface area contributed by atoms with Gasteiger partial charge in [-0.25, -0.2) is 9.97 Å². The Balaban J connectivity index is 1.97. The first kappa shape index (κ1) is 9.07. The summed E-state index contributed by atoms with van der Waals surface area (Å²) in [4.78, 5) is 9.97. The van der Waals surface area contributed by atoms with Crippen LogP contribution in [0.1, 0.15) is 32.1 Å². The van der Waals surface area contributed by atoms with Crippen molar-refractivity contribution in [1.82, 2.24) is 9.97 Å². The molecular weight excluding hydrogens is 193 g/mol. The standard InChI is InChI=1S/C11H14FN3/c12-10-11(14-7-6-13-10)15-8-2-1-3-9(15)5-4-8/h6-9H,1-5H2. The molecule has 3 rings (SSSR count). The SMILES string of the molecule is Fc1nccnc1N1C2CCCC1CC2. The molecule has 0 aromatic carbocycles. The Morgan fingerprint density at radius 2 is 1.73 bits per heavy atom. The predicted octanol–water partition coefficient (Wildman–Crippen LogP) is 2.14. The van der Waals surface area contributed by atoms with E-state index in [2.05, 4.69) is 14.9 Å². The fraction of sp³-hybridized carbons (Fsp3) is 0.636. The lowest BCUT2D eigenvalue weighted by Gasteiger charge is -2.35. The number of piperidine rings is 1. The fourth-order valence-corrected chi connectivity index (χ4v) is 2.95. The number of aromatic nitrogens is 2. The Hall–Kier alpha value is -1.19. The molecule has 4 heteroatoms. The summed E-state index contributed by atoms with van der Waals surface area (Å²) < 4.78 is 13.5. The lowest BCUT2D eigenvalue weighted by atomic mass is 10.0. The van der Waals surface area contributed by atoms with Crippen molar-refractivity contribution in [3.8, 4) is 0 Å². The van der Waals surface area contributed by atoms with Crippen LogP contribution >= 0.6 is 0 Å². The van der Waals surface area contributed by atoms with E-state index in [1.165, 1.54) is 38.3 Å². The highest BCUT2D eigenvalue weighted by atomic mass is 19.1. The maximum Gasteiger partial charge on any atom is 0.255 e. The van der Waals surface area contributed by atoms with Crippen LogP contribution in [0, 0.1) is 5.95 Å². The molecule has 1 aromatic heterocycles. The zero-order valence-electron chi connectivity index (χ0n) is 8.56. The second-order valence-corrected chi connectivity index (χ2v) is 4.39. The maximum atomic E-state index is 13.5. The number of fused-ring (bicyclic) bond motifs is 2. The van der Waals surface area contributed by atoms with E-state index >= 15 is 0 Å². The molecule has 2 saturated heterocycles. The van der Waals surface area contributed by atoms with Crippen LogP contribution in [0.4, 0.5) is 10.2 Å². The number of nitrogens with zero attached hydrogens (tertiary/aromatic N) is 3. The van der Waals surface area contributed by atoms with Crippen LogP contribution < -0.4 is 4.90 Å². The van der Waals surface area contributed by atoms with E-state index in [0.717, 1.165) is 0 Å². The van der Waals surface area contributed by atoms with E-state index in [4.69, 9.17) is 0 Å². The lowest BCUT2D eigenvalue weighted by molar-refractivity contribution is 0.450. The number of halogens is 1. The van der Waals surface area contributed by atoms with Crippen molar-refractivity contribution in [2.45, 2.75) is 44.2 Å². The first-order chi connectivity index (χ1) is 7.36. The lowest BCUT2D eigenvalue weighted by Crippen LogP contribution is -2.40. The van der Waals surface area contributed by atoms with Crippen LogP contribution in [-0.2, 0) is 0 Å². The van der Waals surface area contributed by atoms with Gasteiger partial charge in [0.05, 0.1) is 0 Å². The zero-order chi connectivity index (χ0) is 10.3. The third kappa shape index (κ3) is 1.39. The molecule has 80 valence electrons. The van der Waals surface area contributed by atoms with Gasteiger partial charge in [0.1, 0.15) is 0 Å². The molecule has 2 atom stereocenters.